The Morgan fingerprint density at radius 3 is 2.89 bits per heavy atom. The van der Waals surface area contributed by atoms with Gasteiger partial charge in [-0.1, -0.05) is 0 Å². The summed E-state index contributed by atoms with van der Waals surface area (Å²) >= 11 is 0. The Morgan fingerprint density at radius 2 is 2.32 bits per heavy atom. The van der Waals surface area contributed by atoms with Crippen molar-refractivity contribution in [3.63, 3.8) is 0 Å². The number of hydrogen-bond donors (Lipinski definition) is 1. The number of aromatic carboxylic acids is 1. The fourth-order valence-electron chi connectivity index (χ4n) is 1.61. The van der Waals surface area contributed by atoms with Gasteiger partial charge in [0.15, 0.2) is 5.75 Å². The van der Waals surface area contributed by atoms with Crippen molar-refractivity contribution in [3.05, 3.63) is 52.2 Å². The van der Waals surface area contributed by atoms with Crippen LogP contribution in [0.2, 0.25) is 0 Å². The van der Waals surface area contributed by atoms with E-state index in [4.69, 9.17) is 9.84 Å². The summed E-state index contributed by atoms with van der Waals surface area (Å²) in [5.74, 6) is -1.11. The van der Waals surface area contributed by atoms with Gasteiger partial charge in [-0.2, -0.15) is 10.2 Å². The summed E-state index contributed by atoms with van der Waals surface area (Å²) in [5, 5.41) is 16.7. The predicted octanol–water partition coefficient (Wildman–Crippen LogP) is 0.393. The number of rotatable bonds is 4. The van der Waals surface area contributed by atoms with Crippen molar-refractivity contribution < 1.29 is 14.6 Å². The molecule has 1 N–H and O–H groups in total. The van der Waals surface area contributed by atoms with E-state index in [2.05, 4.69) is 10.2 Å². The summed E-state index contributed by atoms with van der Waals surface area (Å²) in [4.78, 5) is 22.7. The molecule has 0 atom stereocenters. The number of pyridine rings is 1. The molecule has 0 aliphatic rings. The third-order valence-corrected chi connectivity index (χ3v) is 2.49. The quantitative estimate of drug-likeness (QED) is 0.855. The molecule has 2 aromatic rings. The van der Waals surface area contributed by atoms with Crippen molar-refractivity contribution in [2.24, 2.45) is 0 Å². The molecular weight excluding hydrogens is 250 g/mol. The molecule has 7 nitrogen and oxygen atoms in total. The van der Waals surface area contributed by atoms with E-state index in [9.17, 15) is 9.59 Å². The van der Waals surface area contributed by atoms with E-state index in [0.717, 1.165) is 6.07 Å². The van der Waals surface area contributed by atoms with E-state index in [-0.39, 0.29) is 18.0 Å². The smallest absolute Gasteiger partial charge is 0.352 e. The van der Waals surface area contributed by atoms with Crippen LogP contribution in [0.25, 0.3) is 0 Å². The van der Waals surface area contributed by atoms with Crippen molar-refractivity contribution in [3.8, 4) is 5.75 Å². The van der Waals surface area contributed by atoms with Gasteiger partial charge in [0.2, 0.25) is 5.43 Å². The standard InChI is InChI=1S/C12H11N3O4/c1-19-11-7-15(6-8-3-2-4-13-14-8)9(12(17)18)5-10(11)16/h2-5,7H,6H2,1H3,(H,17,18). The van der Waals surface area contributed by atoms with Crippen LogP contribution >= 0.6 is 0 Å². The van der Waals surface area contributed by atoms with Crippen molar-refractivity contribution >= 4 is 5.97 Å². The molecule has 0 aliphatic carbocycles. The molecule has 0 aromatic carbocycles. The van der Waals surface area contributed by atoms with Gasteiger partial charge in [0, 0.05) is 12.3 Å². The van der Waals surface area contributed by atoms with Gasteiger partial charge in [-0.15, -0.1) is 0 Å². The molecule has 0 amide bonds. The van der Waals surface area contributed by atoms with Gasteiger partial charge in [0.25, 0.3) is 0 Å². The highest BCUT2D eigenvalue weighted by molar-refractivity contribution is 5.85. The predicted molar refractivity (Wildman–Crippen MR) is 65.3 cm³/mol. The van der Waals surface area contributed by atoms with Crippen LogP contribution in [0.1, 0.15) is 16.2 Å². The van der Waals surface area contributed by atoms with E-state index in [0.29, 0.717) is 5.69 Å². The Morgan fingerprint density at radius 1 is 1.53 bits per heavy atom. The highest BCUT2D eigenvalue weighted by atomic mass is 16.5. The van der Waals surface area contributed by atoms with E-state index < -0.39 is 11.4 Å². The molecule has 0 spiro atoms. The maximum atomic E-state index is 11.6. The van der Waals surface area contributed by atoms with Gasteiger partial charge in [-0.25, -0.2) is 4.79 Å². The van der Waals surface area contributed by atoms with E-state index in [1.54, 1.807) is 12.1 Å². The minimum absolute atomic E-state index is 0.0777. The Balaban J connectivity index is 2.48. The molecule has 0 saturated heterocycles. The Bertz CT molecular complexity index is 652. The molecule has 0 saturated carbocycles. The lowest BCUT2D eigenvalue weighted by molar-refractivity contribution is 0.0684. The fraction of sp³-hybridized carbons (Fsp3) is 0.167. The molecule has 0 bridgehead atoms. The maximum absolute atomic E-state index is 11.6. The number of nitrogens with zero attached hydrogens (tertiary/aromatic N) is 3. The maximum Gasteiger partial charge on any atom is 0.352 e. The van der Waals surface area contributed by atoms with Crippen LogP contribution in [0.3, 0.4) is 0 Å². The van der Waals surface area contributed by atoms with Crippen LogP contribution in [-0.2, 0) is 6.54 Å². The van der Waals surface area contributed by atoms with Crippen LogP contribution in [0.4, 0.5) is 0 Å². The van der Waals surface area contributed by atoms with Crippen LogP contribution in [-0.4, -0.2) is 33.0 Å². The minimum atomic E-state index is -1.19. The van der Waals surface area contributed by atoms with Crippen LogP contribution in [0, 0.1) is 0 Å². The average molecular weight is 261 g/mol. The molecular formula is C12H11N3O4. The molecule has 2 rings (SSSR count). The van der Waals surface area contributed by atoms with Crippen molar-refractivity contribution in [2.45, 2.75) is 6.54 Å². The molecule has 2 aromatic heterocycles. The molecule has 7 heteroatoms. The summed E-state index contributed by atoms with van der Waals surface area (Å²) in [6.07, 6.45) is 2.87. The summed E-state index contributed by atoms with van der Waals surface area (Å²) < 4.78 is 6.28. The Hall–Kier alpha value is -2.70. The van der Waals surface area contributed by atoms with Gasteiger partial charge in [0.05, 0.1) is 25.5 Å². The molecule has 98 valence electrons. The number of carbonyl (C=O) groups is 1. The third kappa shape index (κ3) is 2.76. The van der Waals surface area contributed by atoms with Gasteiger partial charge >= 0.3 is 5.97 Å². The molecule has 2 heterocycles. The van der Waals surface area contributed by atoms with Gasteiger partial charge in [-0.3, -0.25) is 4.79 Å². The number of methoxy groups -OCH3 is 1. The van der Waals surface area contributed by atoms with Gasteiger partial charge < -0.3 is 14.4 Å². The second-order valence-electron chi connectivity index (χ2n) is 3.74. The SMILES string of the molecule is COc1cn(Cc2cccnn2)c(C(=O)O)cc1=O. The minimum Gasteiger partial charge on any atom is -0.491 e. The highest BCUT2D eigenvalue weighted by Gasteiger charge is 2.13. The molecule has 0 unspecified atom stereocenters. The normalized spacial score (nSPS) is 10.2. The third-order valence-electron chi connectivity index (χ3n) is 2.49. The first-order valence-corrected chi connectivity index (χ1v) is 5.40. The van der Waals surface area contributed by atoms with E-state index in [1.165, 1.54) is 24.1 Å². The number of carboxylic acid groups (broad SMARTS) is 1. The first-order chi connectivity index (χ1) is 9.11. The highest BCUT2D eigenvalue weighted by Crippen LogP contribution is 2.09. The van der Waals surface area contributed by atoms with Crippen molar-refractivity contribution in [1.82, 2.24) is 14.8 Å². The lowest BCUT2D eigenvalue weighted by Gasteiger charge is -2.11. The van der Waals surface area contributed by atoms with E-state index in [1.807, 2.05) is 0 Å². The number of aromatic nitrogens is 3. The van der Waals surface area contributed by atoms with Crippen molar-refractivity contribution in [1.29, 1.82) is 0 Å². The molecule has 0 radical (unpaired) electrons. The summed E-state index contributed by atoms with van der Waals surface area (Å²) in [5.41, 5.74) is -0.0255. The lowest BCUT2D eigenvalue weighted by atomic mass is 10.3. The number of ether oxygens (including phenoxy) is 1. The second-order valence-corrected chi connectivity index (χ2v) is 3.74. The topological polar surface area (TPSA) is 94.3 Å². The molecule has 19 heavy (non-hydrogen) atoms. The largest absolute Gasteiger partial charge is 0.491 e. The van der Waals surface area contributed by atoms with Crippen molar-refractivity contribution in [2.75, 3.05) is 7.11 Å². The average Bonchev–Trinajstić information content (AvgIpc) is 2.41. The van der Waals surface area contributed by atoms with E-state index >= 15 is 0 Å². The zero-order valence-corrected chi connectivity index (χ0v) is 10.1. The first kappa shape index (κ1) is 12.7. The summed E-state index contributed by atoms with van der Waals surface area (Å²) in [6, 6.07) is 4.43. The molecule has 0 aliphatic heterocycles. The molecule has 0 fully saturated rings. The zero-order chi connectivity index (χ0) is 13.8. The Kier molecular flexibility index (Phi) is 3.56. The second kappa shape index (κ2) is 5.30. The summed E-state index contributed by atoms with van der Waals surface area (Å²) in [6.45, 7) is 0.187. The lowest BCUT2D eigenvalue weighted by Crippen LogP contribution is -2.19. The number of carboxylic acids is 1. The van der Waals surface area contributed by atoms with Crippen LogP contribution < -0.4 is 10.2 Å². The Labute approximate surface area is 108 Å². The zero-order valence-electron chi connectivity index (χ0n) is 10.1. The van der Waals surface area contributed by atoms with Gasteiger partial charge in [0.1, 0.15) is 5.69 Å². The van der Waals surface area contributed by atoms with Crippen LogP contribution in [0.5, 0.6) is 5.75 Å². The monoisotopic (exact) mass is 261 g/mol. The fourth-order valence-corrected chi connectivity index (χ4v) is 1.61. The summed E-state index contributed by atoms with van der Waals surface area (Å²) in [7, 11) is 1.35. The van der Waals surface area contributed by atoms with Crippen LogP contribution in [0.15, 0.2) is 35.4 Å². The number of hydrogen-bond acceptors (Lipinski definition) is 5. The first-order valence-electron chi connectivity index (χ1n) is 5.40. The van der Waals surface area contributed by atoms with Gasteiger partial charge in [-0.05, 0) is 12.1 Å².